The number of rotatable bonds is 4. The van der Waals surface area contributed by atoms with Crippen molar-refractivity contribution in [2.45, 2.75) is 0 Å². The topological polar surface area (TPSA) is 66.4 Å². The maximum Gasteiger partial charge on any atom is 0.348 e. The van der Waals surface area contributed by atoms with Gasteiger partial charge in [0.1, 0.15) is 4.88 Å². The van der Waals surface area contributed by atoms with Gasteiger partial charge in [0.05, 0.1) is 5.69 Å². The Kier molecular flexibility index (Phi) is 4.55. The molecule has 1 aromatic carbocycles. The standard InChI is InChI=1S/C14H10ClNO3S/c15-10-4-2-1-3-9(10)5-6-12(17)16-11-7-8-20-13(11)14(18)19/h1-8H,(H,16,17)(H,18,19)/b6-5+. The van der Waals surface area contributed by atoms with Crippen LogP contribution in [0, 0.1) is 0 Å². The summed E-state index contributed by atoms with van der Waals surface area (Å²) >= 11 is 7.02. The quantitative estimate of drug-likeness (QED) is 0.845. The number of carbonyl (C=O) groups is 2. The van der Waals surface area contributed by atoms with E-state index >= 15 is 0 Å². The van der Waals surface area contributed by atoms with Gasteiger partial charge in [-0.1, -0.05) is 29.8 Å². The fourth-order valence-electron chi connectivity index (χ4n) is 1.52. The van der Waals surface area contributed by atoms with Crippen molar-refractivity contribution in [3.05, 3.63) is 57.3 Å². The van der Waals surface area contributed by atoms with Crippen LogP contribution in [0.15, 0.2) is 41.8 Å². The van der Waals surface area contributed by atoms with Gasteiger partial charge in [-0.2, -0.15) is 0 Å². The number of anilines is 1. The highest BCUT2D eigenvalue weighted by Crippen LogP contribution is 2.22. The number of benzene rings is 1. The van der Waals surface area contributed by atoms with E-state index in [-0.39, 0.29) is 10.6 Å². The number of carboxylic acid groups (broad SMARTS) is 1. The lowest BCUT2D eigenvalue weighted by Crippen LogP contribution is -2.09. The maximum absolute atomic E-state index is 11.7. The van der Waals surface area contributed by atoms with Gasteiger partial charge in [0.2, 0.25) is 5.91 Å². The van der Waals surface area contributed by atoms with Crippen LogP contribution in [0.2, 0.25) is 5.02 Å². The van der Waals surface area contributed by atoms with Gasteiger partial charge in [0, 0.05) is 11.1 Å². The lowest BCUT2D eigenvalue weighted by Gasteiger charge is -2.01. The van der Waals surface area contributed by atoms with Crippen molar-refractivity contribution >= 4 is 46.6 Å². The molecule has 0 bridgehead atoms. The van der Waals surface area contributed by atoms with Gasteiger partial charge in [0.15, 0.2) is 0 Å². The third kappa shape index (κ3) is 3.46. The molecule has 2 rings (SSSR count). The van der Waals surface area contributed by atoms with Crippen LogP contribution in [-0.2, 0) is 4.79 Å². The molecule has 0 aliphatic rings. The number of aromatic carboxylic acids is 1. The predicted octanol–water partition coefficient (Wildman–Crippen LogP) is 3.75. The molecule has 0 saturated carbocycles. The third-order valence-corrected chi connectivity index (χ3v) is 3.68. The average Bonchev–Trinajstić information content (AvgIpc) is 2.86. The molecule has 0 aliphatic carbocycles. The Balaban J connectivity index is 2.08. The molecule has 102 valence electrons. The Morgan fingerprint density at radius 2 is 2.00 bits per heavy atom. The SMILES string of the molecule is O=C(/C=C/c1ccccc1Cl)Nc1ccsc1C(=O)O. The summed E-state index contributed by atoms with van der Waals surface area (Å²) in [5.74, 6) is -1.48. The van der Waals surface area contributed by atoms with Gasteiger partial charge >= 0.3 is 5.97 Å². The van der Waals surface area contributed by atoms with Crippen LogP contribution in [0.5, 0.6) is 0 Å². The molecule has 1 aromatic heterocycles. The van der Waals surface area contributed by atoms with Crippen molar-refractivity contribution in [3.63, 3.8) is 0 Å². The van der Waals surface area contributed by atoms with Crippen molar-refractivity contribution in [1.82, 2.24) is 0 Å². The highest BCUT2D eigenvalue weighted by atomic mass is 35.5. The van der Waals surface area contributed by atoms with Gasteiger partial charge in [-0.3, -0.25) is 4.79 Å². The first-order valence-electron chi connectivity index (χ1n) is 5.62. The molecule has 1 heterocycles. The number of carboxylic acids is 1. The monoisotopic (exact) mass is 307 g/mol. The Morgan fingerprint density at radius 3 is 2.70 bits per heavy atom. The lowest BCUT2D eigenvalue weighted by molar-refractivity contribution is -0.111. The van der Waals surface area contributed by atoms with E-state index in [2.05, 4.69) is 5.32 Å². The summed E-state index contributed by atoms with van der Waals surface area (Å²) in [6, 6.07) is 8.66. The molecule has 6 heteroatoms. The second-order valence-corrected chi connectivity index (χ2v) is 5.14. The van der Waals surface area contributed by atoms with Crippen molar-refractivity contribution in [1.29, 1.82) is 0 Å². The zero-order valence-electron chi connectivity index (χ0n) is 10.2. The van der Waals surface area contributed by atoms with Gasteiger partial charge < -0.3 is 10.4 Å². The molecule has 0 radical (unpaired) electrons. The maximum atomic E-state index is 11.7. The molecule has 4 nitrogen and oxygen atoms in total. The van der Waals surface area contributed by atoms with E-state index in [4.69, 9.17) is 16.7 Å². The molecule has 2 aromatic rings. The minimum Gasteiger partial charge on any atom is -0.477 e. The van der Waals surface area contributed by atoms with Crippen LogP contribution in [0.3, 0.4) is 0 Å². The molecule has 1 amide bonds. The molecular weight excluding hydrogens is 298 g/mol. The minimum atomic E-state index is -1.06. The summed E-state index contributed by atoms with van der Waals surface area (Å²) in [6.07, 6.45) is 2.88. The van der Waals surface area contributed by atoms with Crippen LogP contribution in [0.1, 0.15) is 15.2 Å². The Labute approximate surface area is 124 Å². The molecule has 2 N–H and O–H groups in total. The van der Waals surface area contributed by atoms with Gasteiger partial charge in [0.25, 0.3) is 0 Å². The highest BCUT2D eigenvalue weighted by Gasteiger charge is 2.12. The first-order chi connectivity index (χ1) is 9.58. The molecule has 0 saturated heterocycles. The predicted molar refractivity (Wildman–Crippen MR) is 80.4 cm³/mol. The number of hydrogen-bond acceptors (Lipinski definition) is 3. The van der Waals surface area contributed by atoms with Crippen LogP contribution >= 0.6 is 22.9 Å². The van der Waals surface area contributed by atoms with E-state index in [9.17, 15) is 9.59 Å². The number of amides is 1. The summed E-state index contributed by atoms with van der Waals surface area (Å²) in [7, 11) is 0. The van der Waals surface area contributed by atoms with Crippen molar-refractivity contribution in [2.24, 2.45) is 0 Å². The number of thiophene rings is 1. The summed E-state index contributed by atoms with van der Waals surface area (Å²) in [5, 5.41) is 13.6. The molecule has 0 fully saturated rings. The van der Waals surface area contributed by atoms with Crippen LogP contribution in [0.4, 0.5) is 5.69 Å². The van der Waals surface area contributed by atoms with Crippen LogP contribution < -0.4 is 5.32 Å². The first-order valence-corrected chi connectivity index (χ1v) is 6.88. The normalized spacial score (nSPS) is 10.7. The van der Waals surface area contributed by atoms with E-state index in [0.29, 0.717) is 10.6 Å². The second kappa shape index (κ2) is 6.36. The average molecular weight is 308 g/mol. The largest absolute Gasteiger partial charge is 0.477 e. The van der Waals surface area contributed by atoms with E-state index in [1.54, 1.807) is 35.7 Å². The molecule has 0 atom stereocenters. The second-order valence-electron chi connectivity index (χ2n) is 3.81. The first kappa shape index (κ1) is 14.3. The van der Waals surface area contributed by atoms with Gasteiger partial charge in [-0.15, -0.1) is 11.3 Å². The smallest absolute Gasteiger partial charge is 0.348 e. The summed E-state index contributed by atoms with van der Waals surface area (Å²) in [4.78, 5) is 22.8. The lowest BCUT2D eigenvalue weighted by atomic mass is 10.2. The summed E-state index contributed by atoms with van der Waals surface area (Å²) in [6.45, 7) is 0. The van der Waals surface area contributed by atoms with E-state index in [1.807, 2.05) is 6.07 Å². The Morgan fingerprint density at radius 1 is 1.25 bits per heavy atom. The summed E-state index contributed by atoms with van der Waals surface area (Å²) < 4.78 is 0. The van der Waals surface area contributed by atoms with E-state index in [0.717, 1.165) is 11.3 Å². The zero-order chi connectivity index (χ0) is 14.5. The number of halogens is 1. The van der Waals surface area contributed by atoms with E-state index in [1.165, 1.54) is 6.08 Å². The van der Waals surface area contributed by atoms with Gasteiger partial charge in [-0.25, -0.2) is 4.79 Å². The Bertz CT molecular complexity index is 679. The number of nitrogens with one attached hydrogen (secondary N) is 1. The molecule has 20 heavy (non-hydrogen) atoms. The minimum absolute atomic E-state index is 0.101. The van der Waals surface area contributed by atoms with E-state index < -0.39 is 11.9 Å². The number of hydrogen-bond donors (Lipinski definition) is 2. The van der Waals surface area contributed by atoms with Crippen molar-refractivity contribution < 1.29 is 14.7 Å². The van der Waals surface area contributed by atoms with Crippen LogP contribution in [-0.4, -0.2) is 17.0 Å². The fourth-order valence-corrected chi connectivity index (χ4v) is 2.41. The third-order valence-electron chi connectivity index (χ3n) is 2.44. The fraction of sp³-hybridized carbons (Fsp3) is 0. The molecule has 0 aliphatic heterocycles. The molecule has 0 unspecified atom stereocenters. The zero-order valence-corrected chi connectivity index (χ0v) is 11.7. The molecule has 0 spiro atoms. The van der Waals surface area contributed by atoms with Gasteiger partial charge in [-0.05, 0) is 29.2 Å². The molecular formula is C14H10ClNO3S. The number of carbonyl (C=O) groups excluding carboxylic acids is 1. The van der Waals surface area contributed by atoms with Crippen molar-refractivity contribution in [2.75, 3.05) is 5.32 Å². The summed E-state index contributed by atoms with van der Waals surface area (Å²) in [5.41, 5.74) is 1.00. The van der Waals surface area contributed by atoms with Crippen molar-refractivity contribution in [3.8, 4) is 0 Å². The van der Waals surface area contributed by atoms with Crippen LogP contribution in [0.25, 0.3) is 6.08 Å². The highest BCUT2D eigenvalue weighted by molar-refractivity contribution is 7.12. The Hall–Kier alpha value is -2.11.